The van der Waals surface area contributed by atoms with Gasteiger partial charge in [0.2, 0.25) is 0 Å². The van der Waals surface area contributed by atoms with E-state index in [0.29, 0.717) is 30.3 Å². The molecule has 3 rings (SSSR count). The van der Waals surface area contributed by atoms with Gasteiger partial charge in [-0.25, -0.2) is 0 Å². The molecule has 1 aliphatic rings. The first-order valence-electron chi connectivity index (χ1n) is 6.93. The van der Waals surface area contributed by atoms with Crippen LogP contribution in [0.4, 0.5) is 0 Å². The van der Waals surface area contributed by atoms with E-state index in [9.17, 15) is 4.79 Å². The fourth-order valence-electron chi connectivity index (χ4n) is 2.48. The number of carbonyl (C=O) groups is 1. The summed E-state index contributed by atoms with van der Waals surface area (Å²) < 4.78 is 5.85. The first-order chi connectivity index (χ1) is 10.3. The standard InChI is InChI=1S/C17H16ClNO2/c18-10-14-12-19(11-13-6-2-1-3-7-13)17(20)15-8-4-5-9-16(15)21-14/h1-9,14H,10-12H2/t14-/m0/s1. The minimum absolute atomic E-state index is 0.0120. The van der Waals surface area contributed by atoms with E-state index in [4.69, 9.17) is 16.3 Å². The topological polar surface area (TPSA) is 29.5 Å². The Hall–Kier alpha value is -2.00. The Bertz CT molecular complexity index is 630. The molecule has 1 amide bonds. The fourth-order valence-corrected chi connectivity index (χ4v) is 2.64. The molecule has 0 aromatic heterocycles. The third-order valence-electron chi connectivity index (χ3n) is 3.51. The van der Waals surface area contributed by atoms with Gasteiger partial charge in [0.05, 0.1) is 18.0 Å². The van der Waals surface area contributed by atoms with Gasteiger partial charge < -0.3 is 9.64 Å². The number of amides is 1. The zero-order chi connectivity index (χ0) is 14.7. The van der Waals surface area contributed by atoms with Crippen molar-refractivity contribution in [3.63, 3.8) is 0 Å². The molecule has 0 bridgehead atoms. The highest BCUT2D eigenvalue weighted by atomic mass is 35.5. The average Bonchev–Trinajstić information content (AvgIpc) is 2.66. The minimum Gasteiger partial charge on any atom is -0.486 e. The Kier molecular flexibility index (Phi) is 4.11. The molecule has 0 radical (unpaired) electrons. The van der Waals surface area contributed by atoms with E-state index in [1.807, 2.05) is 48.5 Å². The number of carbonyl (C=O) groups excluding carboxylic acids is 1. The summed E-state index contributed by atoms with van der Waals surface area (Å²) in [4.78, 5) is 14.5. The van der Waals surface area contributed by atoms with E-state index in [0.717, 1.165) is 5.56 Å². The van der Waals surface area contributed by atoms with Gasteiger partial charge in [-0.05, 0) is 17.7 Å². The molecular weight excluding hydrogens is 286 g/mol. The van der Waals surface area contributed by atoms with E-state index in [-0.39, 0.29) is 12.0 Å². The van der Waals surface area contributed by atoms with Crippen LogP contribution in [0, 0.1) is 0 Å². The average molecular weight is 302 g/mol. The van der Waals surface area contributed by atoms with Crippen molar-refractivity contribution in [1.82, 2.24) is 4.90 Å². The SMILES string of the molecule is O=C1c2ccccc2O[C@@H](CCl)CN1Cc1ccccc1. The number of halogens is 1. The van der Waals surface area contributed by atoms with Crippen molar-refractivity contribution in [3.05, 3.63) is 65.7 Å². The number of rotatable bonds is 3. The van der Waals surface area contributed by atoms with Crippen LogP contribution in [0.3, 0.4) is 0 Å². The molecule has 1 heterocycles. The van der Waals surface area contributed by atoms with Crippen LogP contribution >= 0.6 is 11.6 Å². The lowest BCUT2D eigenvalue weighted by Crippen LogP contribution is -2.37. The van der Waals surface area contributed by atoms with E-state index in [1.54, 1.807) is 11.0 Å². The lowest BCUT2D eigenvalue weighted by Gasteiger charge is -2.23. The summed E-state index contributed by atoms with van der Waals surface area (Å²) in [6.45, 7) is 1.05. The highest BCUT2D eigenvalue weighted by molar-refractivity contribution is 6.18. The van der Waals surface area contributed by atoms with Crippen LogP contribution < -0.4 is 4.74 Å². The summed E-state index contributed by atoms with van der Waals surface area (Å²) in [5, 5.41) is 0. The van der Waals surface area contributed by atoms with Crippen molar-refractivity contribution >= 4 is 17.5 Å². The van der Waals surface area contributed by atoms with Gasteiger partial charge in [-0.1, -0.05) is 42.5 Å². The number of ether oxygens (including phenoxy) is 1. The van der Waals surface area contributed by atoms with Gasteiger partial charge in [-0.3, -0.25) is 4.79 Å². The Balaban J connectivity index is 1.91. The summed E-state index contributed by atoms with van der Waals surface area (Å²) in [6, 6.07) is 17.3. The van der Waals surface area contributed by atoms with Crippen LogP contribution in [0.2, 0.25) is 0 Å². The molecule has 0 saturated carbocycles. The number of hydrogen-bond acceptors (Lipinski definition) is 2. The van der Waals surface area contributed by atoms with Gasteiger partial charge in [0.1, 0.15) is 11.9 Å². The first-order valence-corrected chi connectivity index (χ1v) is 7.46. The fraction of sp³-hybridized carbons (Fsp3) is 0.235. The summed E-state index contributed by atoms with van der Waals surface area (Å²) in [7, 11) is 0. The van der Waals surface area contributed by atoms with E-state index in [2.05, 4.69) is 0 Å². The smallest absolute Gasteiger partial charge is 0.258 e. The molecular formula is C17H16ClNO2. The molecule has 0 N–H and O–H groups in total. The van der Waals surface area contributed by atoms with Crippen LogP contribution in [-0.4, -0.2) is 29.3 Å². The van der Waals surface area contributed by atoms with Crippen LogP contribution in [0.5, 0.6) is 5.75 Å². The highest BCUT2D eigenvalue weighted by Gasteiger charge is 2.28. The van der Waals surface area contributed by atoms with E-state index in [1.165, 1.54) is 0 Å². The normalized spacial score (nSPS) is 17.9. The molecule has 2 aromatic carbocycles. The van der Waals surface area contributed by atoms with Crippen LogP contribution in [-0.2, 0) is 6.54 Å². The maximum atomic E-state index is 12.7. The van der Waals surface area contributed by atoms with Crippen molar-refractivity contribution in [1.29, 1.82) is 0 Å². The maximum absolute atomic E-state index is 12.7. The number of fused-ring (bicyclic) bond motifs is 1. The Morgan fingerprint density at radius 2 is 1.81 bits per heavy atom. The molecule has 0 spiro atoms. The summed E-state index contributed by atoms with van der Waals surface area (Å²) in [5.74, 6) is 0.957. The maximum Gasteiger partial charge on any atom is 0.258 e. The van der Waals surface area contributed by atoms with Crippen molar-refractivity contribution < 1.29 is 9.53 Å². The monoisotopic (exact) mass is 301 g/mol. The van der Waals surface area contributed by atoms with Gasteiger partial charge in [-0.2, -0.15) is 0 Å². The number of alkyl halides is 1. The quantitative estimate of drug-likeness (QED) is 0.814. The Labute approximate surface area is 129 Å². The summed E-state index contributed by atoms with van der Waals surface area (Å²) in [5.41, 5.74) is 1.69. The van der Waals surface area contributed by atoms with Crippen molar-refractivity contribution in [3.8, 4) is 5.75 Å². The van der Waals surface area contributed by atoms with E-state index < -0.39 is 0 Å². The van der Waals surface area contributed by atoms with Crippen molar-refractivity contribution in [2.24, 2.45) is 0 Å². The lowest BCUT2D eigenvalue weighted by molar-refractivity contribution is 0.0709. The lowest BCUT2D eigenvalue weighted by atomic mass is 10.1. The molecule has 1 aliphatic heterocycles. The minimum atomic E-state index is -0.192. The molecule has 4 heteroatoms. The molecule has 21 heavy (non-hydrogen) atoms. The van der Waals surface area contributed by atoms with Crippen LogP contribution in [0.25, 0.3) is 0 Å². The molecule has 2 aromatic rings. The second-order valence-corrected chi connectivity index (χ2v) is 5.37. The second-order valence-electron chi connectivity index (χ2n) is 5.06. The molecule has 1 atom stereocenters. The Morgan fingerprint density at radius 1 is 1.10 bits per heavy atom. The largest absolute Gasteiger partial charge is 0.486 e. The van der Waals surface area contributed by atoms with Crippen molar-refractivity contribution in [2.75, 3.05) is 12.4 Å². The molecule has 3 nitrogen and oxygen atoms in total. The number of benzene rings is 2. The van der Waals surface area contributed by atoms with Gasteiger partial charge in [0.15, 0.2) is 0 Å². The summed E-state index contributed by atoms with van der Waals surface area (Å²) in [6.07, 6.45) is -0.192. The Morgan fingerprint density at radius 3 is 2.57 bits per heavy atom. The van der Waals surface area contributed by atoms with Gasteiger partial charge in [0, 0.05) is 6.54 Å². The first kappa shape index (κ1) is 14.0. The predicted octanol–water partition coefficient (Wildman–Crippen LogP) is 3.33. The van der Waals surface area contributed by atoms with Gasteiger partial charge in [-0.15, -0.1) is 11.6 Å². The zero-order valence-electron chi connectivity index (χ0n) is 11.5. The summed E-state index contributed by atoms with van der Waals surface area (Å²) >= 11 is 5.97. The molecule has 0 aliphatic carbocycles. The number of nitrogens with zero attached hydrogens (tertiary/aromatic N) is 1. The molecule has 108 valence electrons. The number of hydrogen-bond donors (Lipinski definition) is 0. The third-order valence-corrected chi connectivity index (χ3v) is 3.85. The zero-order valence-corrected chi connectivity index (χ0v) is 12.3. The predicted molar refractivity (Wildman–Crippen MR) is 82.8 cm³/mol. The number of para-hydroxylation sites is 1. The van der Waals surface area contributed by atoms with Crippen LogP contribution in [0.15, 0.2) is 54.6 Å². The van der Waals surface area contributed by atoms with Crippen LogP contribution in [0.1, 0.15) is 15.9 Å². The molecule has 0 saturated heterocycles. The van der Waals surface area contributed by atoms with E-state index >= 15 is 0 Å². The molecule has 0 fully saturated rings. The van der Waals surface area contributed by atoms with Crippen molar-refractivity contribution in [2.45, 2.75) is 12.6 Å². The highest BCUT2D eigenvalue weighted by Crippen LogP contribution is 2.26. The third kappa shape index (κ3) is 3.03. The van der Waals surface area contributed by atoms with Gasteiger partial charge >= 0.3 is 0 Å². The van der Waals surface area contributed by atoms with Gasteiger partial charge in [0.25, 0.3) is 5.91 Å². The molecule has 0 unspecified atom stereocenters. The second kappa shape index (κ2) is 6.19.